The fourth-order valence-electron chi connectivity index (χ4n) is 2.93. The summed E-state index contributed by atoms with van der Waals surface area (Å²) in [5, 5.41) is 5.87. The number of benzene rings is 2. The molecule has 5 nitrogen and oxygen atoms in total. The molecule has 0 saturated carbocycles. The second-order valence-electron chi connectivity index (χ2n) is 6.43. The first-order chi connectivity index (χ1) is 13.7. The van der Waals surface area contributed by atoms with Crippen LogP contribution in [0.3, 0.4) is 0 Å². The van der Waals surface area contributed by atoms with Crippen molar-refractivity contribution in [2.45, 2.75) is 26.9 Å². The Hall–Kier alpha value is -1.92. The number of carbonyl (C=O) groups is 2. The van der Waals surface area contributed by atoms with Crippen LogP contribution in [0.5, 0.6) is 0 Å². The number of halogens is 4. The maximum absolute atomic E-state index is 12.7. The van der Waals surface area contributed by atoms with E-state index in [1.807, 2.05) is 0 Å². The van der Waals surface area contributed by atoms with Gasteiger partial charge in [-0.2, -0.15) is 0 Å². The first kappa shape index (κ1) is 21.8. The van der Waals surface area contributed by atoms with Crippen LogP contribution in [-0.4, -0.2) is 21.3 Å². The van der Waals surface area contributed by atoms with Crippen molar-refractivity contribution in [1.82, 2.24) is 9.78 Å². The van der Waals surface area contributed by atoms with Crippen LogP contribution in [0.15, 0.2) is 36.4 Å². The molecule has 1 aromatic heterocycles. The van der Waals surface area contributed by atoms with Crippen LogP contribution in [0.25, 0.3) is 0 Å². The number of hydrogen-bond acceptors (Lipinski definition) is 3. The van der Waals surface area contributed by atoms with Crippen molar-refractivity contribution < 1.29 is 14.2 Å². The minimum atomic E-state index is -0.212. The number of Topliss-reactive ketones (excluding diaryl/α,β-unsaturated/α-hetero) is 2. The molecule has 0 aliphatic carbocycles. The predicted molar refractivity (Wildman–Crippen MR) is 113 cm³/mol. The smallest absolute Gasteiger partial charge is 0.274 e. The highest BCUT2D eigenvalue weighted by atomic mass is 35.5. The van der Waals surface area contributed by atoms with E-state index in [2.05, 4.69) is 5.10 Å². The first-order valence-electron chi connectivity index (χ1n) is 8.57. The van der Waals surface area contributed by atoms with Gasteiger partial charge in [0, 0.05) is 40.1 Å². The van der Waals surface area contributed by atoms with Crippen molar-refractivity contribution in [2.75, 3.05) is 0 Å². The molecule has 0 fully saturated rings. The molecule has 0 saturated heterocycles. The van der Waals surface area contributed by atoms with Gasteiger partial charge in [-0.25, -0.2) is 4.57 Å². The summed E-state index contributed by atoms with van der Waals surface area (Å²) in [5.74, 6) is 0.848. The summed E-state index contributed by atoms with van der Waals surface area (Å²) in [5.41, 5.74) is 0.735. The molecular formula is C20H16Cl4N3O2+. The molecular weight excluding hydrogens is 456 g/mol. The zero-order chi connectivity index (χ0) is 21.3. The Labute approximate surface area is 187 Å². The molecule has 9 heteroatoms. The van der Waals surface area contributed by atoms with E-state index in [1.54, 1.807) is 47.4 Å². The number of rotatable bonds is 6. The molecule has 0 N–H and O–H groups in total. The number of carbonyl (C=O) groups excluding carboxylic acids is 2. The summed E-state index contributed by atoms with van der Waals surface area (Å²) >= 11 is 24.0. The van der Waals surface area contributed by atoms with Gasteiger partial charge in [-0.15, -0.1) is 4.68 Å². The SMILES string of the molecule is Cc1nn(CC(=O)c2ccc(Cl)cc2Cl)c(C)[n+]1CC(=O)c1ccc(Cl)cc1Cl. The molecule has 150 valence electrons. The zero-order valence-electron chi connectivity index (χ0n) is 15.5. The minimum Gasteiger partial charge on any atom is -0.290 e. The van der Waals surface area contributed by atoms with E-state index in [9.17, 15) is 9.59 Å². The van der Waals surface area contributed by atoms with Crippen molar-refractivity contribution in [3.8, 4) is 0 Å². The molecule has 0 bridgehead atoms. The maximum Gasteiger partial charge on any atom is 0.274 e. The van der Waals surface area contributed by atoms with E-state index in [1.165, 1.54) is 12.1 Å². The fraction of sp³-hybridized carbons (Fsp3) is 0.200. The highest BCUT2D eigenvalue weighted by molar-refractivity contribution is 6.37. The number of ketones is 2. The molecule has 0 aliphatic heterocycles. The predicted octanol–water partition coefficient (Wildman–Crippen LogP) is 5.17. The van der Waals surface area contributed by atoms with Crippen LogP contribution in [0.4, 0.5) is 0 Å². The molecule has 2 aromatic carbocycles. The molecule has 0 radical (unpaired) electrons. The van der Waals surface area contributed by atoms with E-state index in [0.717, 1.165) is 0 Å². The van der Waals surface area contributed by atoms with Crippen LogP contribution in [0, 0.1) is 13.8 Å². The van der Waals surface area contributed by atoms with Gasteiger partial charge < -0.3 is 0 Å². The molecule has 0 unspecified atom stereocenters. The molecule has 3 aromatic rings. The summed E-state index contributed by atoms with van der Waals surface area (Å²) < 4.78 is 3.27. The minimum absolute atomic E-state index is 0.0169. The highest BCUT2D eigenvalue weighted by Crippen LogP contribution is 2.23. The standard InChI is InChI=1S/C20H16Cl4N3O2/c1-11-25-27(10-20(29)16-6-4-14(22)8-18(16)24)12(2)26(11)9-19(28)15-5-3-13(21)7-17(15)23/h3-8H,9-10H2,1-2H3/q+1. The van der Waals surface area contributed by atoms with Crippen LogP contribution in [-0.2, 0) is 13.1 Å². The lowest BCUT2D eigenvalue weighted by Crippen LogP contribution is -2.42. The second kappa shape index (κ2) is 8.84. The van der Waals surface area contributed by atoms with Crippen molar-refractivity contribution >= 4 is 58.0 Å². The van der Waals surface area contributed by atoms with E-state index >= 15 is 0 Å². The van der Waals surface area contributed by atoms with Crippen molar-refractivity contribution in [3.05, 3.63) is 79.3 Å². The van der Waals surface area contributed by atoms with Gasteiger partial charge in [-0.1, -0.05) is 46.4 Å². The lowest BCUT2D eigenvalue weighted by molar-refractivity contribution is -0.695. The van der Waals surface area contributed by atoms with Gasteiger partial charge in [0.25, 0.3) is 5.82 Å². The Kier molecular flexibility index (Phi) is 6.64. The Balaban J connectivity index is 1.83. The van der Waals surface area contributed by atoms with Crippen LogP contribution in [0.1, 0.15) is 32.4 Å². The normalized spacial score (nSPS) is 11.0. The molecule has 3 rings (SSSR count). The van der Waals surface area contributed by atoms with E-state index in [-0.39, 0.29) is 29.7 Å². The first-order valence-corrected chi connectivity index (χ1v) is 10.1. The quantitative estimate of drug-likeness (QED) is 0.368. The van der Waals surface area contributed by atoms with Crippen LogP contribution >= 0.6 is 46.4 Å². The molecule has 0 atom stereocenters. The van der Waals surface area contributed by atoms with Crippen molar-refractivity contribution in [2.24, 2.45) is 0 Å². The number of aryl methyl sites for hydroxylation is 1. The second-order valence-corrected chi connectivity index (χ2v) is 8.12. The Morgan fingerprint density at radius 3 is 1.93 bits per heavy atom. The summed E-state index contributed by atoms with van der Waals surface area (Å²) in [4.78, 5) is 25.3. The van der Waals surface area contributed by atoms with Gasteiger partial charge in [0.15, 0.2) is 12.3 Å². The average molecular weight is 472 g/mol. The fourth-order valence-corrected chi connectivity index (χ4v) is 3.96. The lowest BCUT2D eigenvalue weighted by atomic mass is 10.1. The zero-order valence-corrected chi connectivity index (χ0v) is 18.6. The van der Waals surface area contributed by atoms with Crippen molar-refractivity contribution in [1.29, 1.82) is 0 Å². The van der Waals surface area contributed by atoms with E-state index in [0.29, 0.717) is 37.8 Å². The van der Waals surface area contributed by atoms with E-state index in [4.69, 9.17) is 46.4 Å². The molecule has 29 heavy (non-hydrogen) atoms. The van der Waals surface area contributed by atoms with Gasteiger partial charge in [-0.3, -0.25) is 9.59 Å². The summed E-state index contributed by atoms with van der Waals surface area (Å²) in [7, 11) is 0. The van der Waals surface area contributed by atoms with Gasteiger partial charge >= 0.3 is 0 Å². The topological polar surface area (TPSA) is 55.8 Å². The van der Waals surface area contributed by atoms with Crippen LogP contribution < -0.4 is 4.57 Å². The highest BCUT2D eigenvalue weighted by Gasteiger charge is 2.25. The van der Waals surface area contributed by atoms with E-state index < -0.39 is 0 Å². The Bertz CT molecular complexity index is 1130. The third kappa shape index (κ3) is 4.81. The van der Waals surface area contributed by atoms with Gasteiger partial charge in [0.2, 0.25) is 11.6 Å². The summed E-state index contributed by atoms with van der Waals surface area (Å²) in [6, 6.07) is 9.44. The van der Waals surface area contributed by atoms with Gasteiger partial charge in [0.1, 0.15) is 6.54 Å². The largest absolute Gasteiger partial charge is 0.290 e. The van der Waals surface area contributed by atoms with Gasteiger partial charge in [0.05, 0.1) is 10.0 Å². The number of aromatic nitrogens is 3. The molecule has 0 aliphatic rings. The Morgan fingerprint density at radius 2 is 1.41 bits per heavy atom. The third-order valence-corrected chi connectivity index (χ3v) is 5.57. The van der Waals surface area contributed by atoms with Crippen LogP contribution in [0.2, 0.25) is 20.1 Å². The molecule has 0 spiro atoms. The monoisotopic (exact) mass is 470 g/mol. The molecule has 0 amide bonds. The average Bonchev–Trinajstić information content (AvgIpc) is 2.88. The number of nitrogens with zero attached hydrogens (tertiary/aromatic N) is 3. The summed E-state index contributed by atoms with van der Waals surface area (Å²) in [6.07, 6.45) is 0. The third-order valence-electron chi connectivity index (χ3n) is 4.48. The summed E-state index contributed by atoms with van der Waals surface area (Å²) in [6.45, 7) is 3.57. The Morgan fingerprint density at radius 1 is 0.897 bits per heavy atom. The van der Waals surface area contributed by atoms with Gasteiger partial charge in [-0.05, 0) is 36.4 Å². The molecule has 1 heterocycles. The lowest BCUT2D eigenvalue weighted by Gasteiger charge is -2.05. The number of hydrogen-bond donors (Lipinski definition) is 0. The van der Waals surface area contributed by atoms with Crippen molar-refractivity contribution in [3.63, 3.8) is 0 Å². The maximum atomic E-state index is 12.7.